The van der Waals surface area contributed by atoms with Gasteiger partial charge in [-0.3, -0.25) is 9.59 Å². The summed E-state index contributed by atoms with van der Waals surface area (Å²) in [5.74, 6) is -1.43. The molecule has 37 heavy (non-hydrogen) atoms. The lowest BCUT2D eigenvalue weighted by molar-refractivity contribution is 0.0600. The summed E-state index contributed by atoms with van der Waals surface area (Å²) in [5.41, 5.74) is 19.6. The van der Waals surface area contributed by atoms with Crippen molar-refractivity contribution in [3.05, 3.63) is 64.0 Å². The number of hydrogen-bond donors (Lipinski definition) is 4. The molecule has 0 bridgehead atoms. The van der Waals surface area contributed by atoms with Gasteiger partial charge in [-0.2, -0.15) is 5.26 Å². The highest BCUT2D eigenvalue weighted by atomic mass is 32.1. The predicted molar refractivity (Wildman–Crippen MR) is 139 cm³/mol. The summed E-state index contributed by atoms with van der Waals surface area (Å²) in [7, 11) is 2.71. The third-order valence-electron chi connectivity index (χ3n) is 5.54. The zero-order valence-corrected chi connectivity index (χ0v) is 20.4. The van der Waals surface area contributed by atoms with Crippen molar-refractivity contribution >= 4 is 56.5 Å². The Morgan fingerprint density at radius 2 is 1.73 bits per heavy atom. The van der Waals surface area contributed by atoms with E-state index in [0.29, 0.717) is 38.3 Å². The maximum atomic E-state index is 13.0. The van der Waals surface area contributed by atoms with Crippen LogP contribution in [0.4, 0.5) is 17.2 Å². The summed E-state index contributed by atoms with van der Waals surface area (Å²) in [5, 5.41) is 13.0. The fraction of sp³-hybridized carbons (Fsp3) is 0.0800. The summed E-state index contributed by atoms with van der Waals surface area (Å²) in [6, 6.07) is 12.8. The summed E-state index contributed by atoms with van der Waals surface area (Å²) >= 11 is 0.971. The number of carbonyl (C=O) groups excluding carboxylic acids is 3. The Kier molecular flexibility index (Phi) is 6.64. The van der Waals surface area contributed by atoms with E-state index in [9.17, 15) is 19.6 Å². The summed E-state index contributed by atoms with van der Waals surface area (Å²) in [6.07, 6.45) is 0. The molecule has 0 saturated carbocycles. The molecule has 2 aromatic carbocycles. The Morgan fingerprint density at radius 3 is 2.32 bits per heavy atom. The van der Waals surface area contributed by atoms with Crippen LogP contribution in [0.5, 0.6) is 5.75 Å². The SMILES string of the molecule is COC(=O)c1ccc(C(=O)Nc2cc(-c3c(C#N)c(N)nc4sc(C(N)=O)c(N)c34)ccc2OC)cc1. The molecule has 4 aromatic rings. The molecule has 0 atom stereocenters. The molecule has 2 aromatic heterocycles. The second-order valence-corrected chi connectivity index (χ2v) is 8.69. The molecule has 186 valence electrons. The van der Waals surface area contributed by atoms with Gasteiger partial charge < -0.3 is 32.0 Å². The monoisotopic (exact) mass is 516 g/mol. The quantitative estimate of drug-likeness (QED) is 0.278. The maximum absolute atomic E-state index is 13.0. The Balaban J connectivity index is 1.83. The molecule has 2 heterocycles. The number of rotatable bonds is 6. The van der Waals surface area contributed by atoms with E-state index in [1.165, 1.54) is 38.5 Å². The van der Waals surface area contributed by atoms with Crippen LogP contribution >= 0.6 is 11.3 Å². The number of nitriles is 1. The third kappa shape index (κ3) is 4.46. The van der Waals surface area contributed by atoms with Crippen LogP contribution in [-0.2, 0) is 4.74 Å². The fourth-order valence-electron chi connectivity index (χ4n) is 3.79. The third-order valence-corrected chi connectivity index (χ3v) is 6.66. The number of pyridine rings is 1. The Morgan fingerprint density at radius 1 is 1.05 bits per heavy atom. The molecule has 0 spiro atoms. The van der Waals surface area contributed by atoms with Crippen molar-refractivity contribution < 1.29 is 23.9 Å². The van der Waals surface area contributed by atoms with E-state index in [4.69, 9.17) is 21.9 Å². The molecule has 0 aliphatic rings. The number of nitrogen functional groups attached to an aromatic ring is 2. The molecule has 0 saturated heterocycles. The van der Waals surface area contributed by atoms with Crippen molar-refractivity contribution in [2.45, 2.75) is 0 Å². The molecule has 0 unspecified atom stereocenters. The first-order valence-electron chi connectivity index (χ1n) is 10.6. The maximum Gasteiger partial charge on any atom is 0.337 e. The lowest BCUT2D eigenvalue weighted by atomic mass is 9.96. The number of aromatic nitrogens is 1. The van der Waals surface area contributed by atoms with Crippen LogP contribution < -0.4 is 27.3 Å². The van der Waals surface area contributed by atoms with Crippen molar-refractivity contribution in [3.8, 4) is 22.9 Å². The van der Waals surface area contributed by atoms with Crippen molar-refractivity contribution in [1.29, 1.82) is 5.26 Å². The van der Waals surface area contributed by atoms with Gasteiger partial charge >= 0.3 is 5.97 Å². The smallest absolute Gasteiger partial charge is 0.337 e. The average Bonchev–Trinajstić information content (AvgIpc) is 3.23. The van der Waals surface area contributed by atoms with E-state index in [-0.39, 0.29) is 27.5 Å². The van der Waals surface area contributed by atoms with E-state index in [0.717, 1.165) is 11.3 Å². The fourth-order valence-corrected chi connectivity index (χ4v) is 4.75. The number of methoxy groups -OCH3 is 2. The molecule has 11 nitrogen and oxygen atoms in total. The highest BCUT2D eigenvalue weighted by molar-refractivity contribution is 7.21. The van der Waals surface area contributed by atoms with Crippen LogP contribution in [0, 0.1) is 11.3 Å². The average molecular weight is 517 g/mol. The number of anilines is 3. The van der Waals surface area contributed by atoms with Gasteiger partial charge in [0, 0.05) is 16.5 Å². The molecule has 4 rings (SSSR count). The first-order valence-corrected chi connectivity index (χ1v) is 11.4. The highest BCUT2D eigenvalue weighted by Crippen LogP contribution is 2.43. The van der Waals surface area contributed by atoms with E-state index in [2.05, 4.69) is 15.0 Å². The number of carbonyl (C=O) groups is 3. The molecule has 0 aliphatic heterocycles. The number of esters is 1. The molecule has 0 fully saturated rings. The van der Waals surface area contributed by atoms with Gasteiger partial charge in [-0.05, 0) is 42.0 Å². The number of primary amides is 1. The minimum Gasteiger partial charge on any atom is -0.495 e. The summed E-state index contributed by atoms with van der Waals surface area (Å²) < 4.78 is 10.1. The largest absolute Gasteiger partial charge is 0.495 e. The summed E-state index contributed by atoms with van der Waals surface area (Å²) in [4.78, 5) is 41.2. The molecular weight excluding hydrogens is 496 g/mol. The van der Waals surface area contributed by atoms with Gasteiger partial charge in [0.2, 0.25) is 0 Å². The number of ether oxygens (including phenoxy) is 2. The van der Waals surface area contributed by atoms with Gasteiger partial charge in [-0.25, -0.2) is 9.78 Å². The van der Waals surface area contributed by atoms with Crippen LogP contribution in [0.1, 0.15) is 36.0 Å². The second kappa shape index (κ2) is 9.84. The number of fused-ring (bicyclic) bond motifs is 1. The number of hydrogen-bond acceptors (Lipinski definition) is 10. The lowest BCUT2D eigenvalue weighted by Gasteiger charge is -2.15. The predicted octanol–water partition coefficient (Wildman–Crippen LogP) is 3.15. The molecule has 0 radical (unpaired) electrons. The standard InChI is InChI=1S/C25H20N6O5S/c1-35-16-8-7-13(9-15(16)30-23(33)11-3-5-12(6-4-11)25(34)36-2)17-14(10-26)21(28)31-24-18(17)19(27)20(37-24)22(29)32/h3-9H,27H2,1-2H3,(H2,28,31)(H2,29,32)(H,30,33). The van der Waals surface area contributed by atoms with Crippen molar-refractivity contribution in [1.82, 2.24) is 4.98 Å². The van der Waals surface area contributed by atoms with Gasteiger partial charge in [-0.1, -0.05) is 6.07 Å². The van der Waals surface area contributed by atoms with Crippen LogP contribution in [0.2, 0.25) is 0 Å². The van der Waals surface area contributed by atoms with Gasteiger partial charge in [0.05, 0.1) is 31.2 Å². The lowest BCUT2D eigenvalue weighted by Crippen LogP contribution is -2.13. The van der Waals surface area contributed by atoms with Crippen molar-refractivity contribution in [2.75, 3.05) is 31.0 Å². The second-order valence-electron chi connectivity index (χ2n) is 7.69. The van der Waals surface area contributed by atoms with E-state index >= 15 is 0 Å². The number of nitrogens with zero attached hydrogens (tertiary/aromatic N) is 2. The Bertz CT molecular complexity index is 1620. The normalized spacial score (nSPS) is 10.5. The summed E-state index contributed by atoms with van der Waals surface area (Å²) in [6.45, 7) is 0. The van der Waals surface area contributed by atoms with Gasteiger partial charge in [0.1, 0.15) is 32.9 Å². The van der Waals surface area contributed by atoms with Crippen LogP contribution in [0.3, 0.4) is 0 Å². The molecule has 0 aliphatic carbocycles. The van der Waals surface area contributed by atoms with Gasteiger partial charge in [0.25, 0.3) is 11.8 Å². The topological polar surface area (TPSA) is 196 Å². The van der Waals surface area contributed by atoms with Crippen LogP contribution in [-0.4, -0.2) is 37.0 Å². The highest BCUT2D eigenvalue weighted by Gasteiger charge is 2.24. The molecule has 2 amide bonds. The number of nitrogens with one attached hydrogen (secondary N) is 1. The van der Waals surface area contributed by atoms with Gasteiger partial charge in [-0.15, -0.1) is 11.3 Å². The Labute approximate surface area is 214 Å². The van der Waals surface area contributed by atoms with E-state index in [1.807, 2.05) is 6.07 Å². The van der Waals surface area contributed by atoms with Crippen molar-refractivity contribution in [2.24, 2.45) is 5.73 Å². The van der Waals surface area contributed by atoms with E-state index < -0.39 is 17.8 Å². The van der Waals surface area contributed by atoms with Crippen molar-refractivity contribution in [3.63, 3.8) is 0 Å². The van der Waals surface area contributed by atoms with E-state index in [1.54, 1.807) is 18.2 Å². The molecule has 7 N–H and O–H groups in total. The minimum atomic E-state index is -0.732. The Hall–Kier alpha value is -5.15. The molecular formula is C25H20N6O5S. The van der Waals surface area contributed by atoms with Crippen LogP contribution in [0.15, 0.2) is 42.5 Å². The first kappa shape index (κ1) is 25.0. The van der Waals surface area contributed by atoms with Crippen LogP contribution in [0.25, 0.3) is 21.3 Å². The first-order chi connectivity index (χ1) is 17.7. The molecule has 12 heteroatoms. The number of amides is 2. The minimum absolute atomic E-state index is 0.0469. The zero-order valence-electron chi connectivity index (χ0n) is 19.6. The number of thiophene rings is 1. The zero-order chi connectivity index (χ0) is 26.9. The number of benzene rings is 2. The number of nitrogens with two attached hydrogens (primary N) is 3. The van der Waals surface area contributed by atoms with Gasteiger partial charge in [0.15, 0.2) is 0 Å².